The van der Waals surface area contributed by atoms with E-state index in [0.29, 0.717) is 18.9 Å². The summed E-state index contributed by atoms with van der Waals surface area (Å²) in [5, 5.41) is 2.87. The Morgan fingerprint density at radius 2 is 1.80 bits per heavy atom. The second kappa shape index (κ2) is 10.8. The van der Waals surface area contributed by atoms with Crippen LogP contribution < -0.4 is 5.32 Å². The van der Waals surface area contributed by atoms with Gasteiger partial charge >= 0.3 is 0 Å². The van der Waals surface area contributed by atoms with Gasteiger partial charge in [0.25, 0.3) is 0 Å². The van der Waals surface area contributed by atoms with Crippen molar-refractivity contribution >= 4 is 11.7 Å². The number of piperidine rings is 1. The molecule has 1 amide bonds. The van der Waals surface area contributed by atoms with Crippen LogP contribution in [-0.4, -0.2) is 42.8 Å². The standard InChI is InChI=1S/C14H26N2O2.C2H6.H2/c1-4-11(3)13(17)10-16-8-6-12(7-9-16)14(18)15-5-2;1-2;/h11-12H,4-10H2,1-3H3,(H,15,18);1-2H3;1H. The van der Waals surface area contributed by atoms with Gasteiger partial charge in [-0.05, 0) is 39.3 Å². The number of rotatable bonds is 6. The molecule has 0 spiro atoms. The first-order valence-corrected chi connectivity index (χ1v) is 8.11. The highest BCUT2D eigenvalue weighted by atomic mass is 16.2. The average Bonchev–Trinajstić information content (AvgIpc) is 2.49. The highest BCUT2D eigenvalue weighted by Gasteiger charge is 2.26. The van der Waals surface area contributed by atoms with Crippen LogP contribution in [0, 0.1) is 11.8 Å². The lowest BCUT2D eigenvalue weighted by molar-refractivity contribution is -0.127. The van der Waals surface area contributed by atoms with Crippen molar-refractivity contribution in [2.24, 2.45) is 11.8 Å². The van der Waals surface area contributed by atoms with E-state index in [1.807, 2.05) is 34.6 Å². The van der Waals surface area contributed by atoms with E-state index in [-0.39, 0.29) is 19.2 Å². The molecule has 0 aromatic carbocycles. The van der Waals surface area contributed by atoms with Crippen molar-refractivity contribution in [1.29, 1.82) is 0 Å². The predicted molar refractivity (Wildman–Crippen MR) is 85.8 cm³/mol. The molecule has 0 aromatic rings. The maximum atomic E-state index is 11.8. The van der Waals surface area contributed by atoms with Crippen molar-refractivity contribution in [2.75, 3.05) is 26.2 Å². The second-order valence-electron chi connectivity index (χ2n) is 5.22. The highest BCUT2D eigenvalue weighted by Crippen LogP contribution is 2.17. The molecule has 4 heteroatoms. The Morgan fingerprint density at radius 3 is 2.25 bits per heavy atom. The van der Waals surface area contributed by atoms with Crippen LogP contribution in [0.15, 0.2) is 0 Å². The molecule has 0 radical (unpaired) electrons. The van der Waals surface area contributed by atoms with Crippen LogP contribution in [-0.2, 0) is 9.59 Å². The van der Waals surface area contributed by atoms with E-state index >= 15 is 0 Å². The number of nitrogens with zero attached hydrogens (tertiary/aromatic N) is 1. The van der Waals surface area contributed by atoms with Crippen LogP contribution >= 0.6 is 0 Å². The number of carbonyl (C=O) groups is 2. The van der Waals surface area contributed by atoms with E-state index < -0.39 is 0 Å². The van der Waals surface area contributed by atoms with Gasteiger partial charge in [0.15, 0.2) is 0 Å². The fraction of sp³-hybridized carbons (Fsp3) is 0.875. The molecule has 0 aromatic heterocycles. The van der Waals surface area contributed by atoms with Crippen LogP contribution in [0.5, 0.6) is 0 Å². The molecular weight excluding hydrogens is 252 g/mol. The van der Waals surface area contributed by atoms with Crippen LogP contribution in [0.3, 0.4) is 0 Å². The quantitative estimate of drug-likeness (QED) is 0.817. The SMILES string of the molecule is CC.CCNC(=O)C1CCN(CC(=O)C(C)CC)CC1.[HH]. The zero-order chi connectivity index (χ0) is 15.5. The first-order valence-electron chi connectivity index (χ1n) is 8.11. The summed E-state index contributed by atoms with van der Waals surface area (Å²) in [6, 6.07) is 0. The normalized spacial score (nSPS) is 17.9. The van der Waals surface area contributed by atoms with Gasteiger partial charge in [0, 0.05) is 19.8 Å². The van der Waals surface area contributed by atoms with Crippen molar-refractivity contribution in [1.82, 2.24) is 10.2 Å². The summed E-state index contributed by atoms with van der Waals surface area (Å²) in [6.45, 7) is 13.0. The van der Waals surface area contributed by atoms with E-state index in [9.17, 15) is 9.59 Å². The second-order valence-corrected chi connectivity index (χ2v) is 5.22. The van der Waals surface area contributed by atoms with Crippen molar-refractivity contribution < 1.29 is 11.0 Å². The zero-order valence-corrected chi connectivity index (χ0v) is 13.9. The topological polar surface area (TPSA) is 49.4 Å². The van der Waals surface area contributed by atoms with E-state index in [2.05, 4.69) is 10.2 Å². The Hall–Kier alpha value is -0.900. The molecule has 0 aliphatic carbocycles. The first kappa shape index (κ1) is 19.1. The first-order chi connectivity index (χ1) is 9.58. The molecule has 1 N–H and O–H groups in total. The summed E-state index contributed by atoms with van der Waals surface area (Å²) >= 11 is 0. The van der Waals surface area contributed by atoms with Crippen LogP contribution in [0.25, 0.3) is 0 Å². The van der Waals surface area contributed by atoms with E-state index in [4.69, 9.17) is 0 Å². The third-order valence-corrected chi connectivity index (χ3v) is 3.85. The molecule has 1 rings (SSSR count). The van der Waals surface area contributed by atoms with Gasteiger partial charge in [-0.25, -0.2) is 0 Å². The van der Waals surface area contributed by atoms with Gasteiger partial charge < -0.3 is 5.32 Å². The molecule has 1 fully saturated rings. The van der Waals surface area contributed by atoms with Gasteiger partial charge in [0.1, 0.15) is 5.78 Å². The molecule has 1 heterocycles. The molecule has 4 nitrogen and oxygen atoms in total. The Bertz CT molecular complexity index is 290. The number of nitrogens with one attached hydrogen (secondary N) is 1. The number of carbonyl (C=O) groups excluding carboxylic acids is 2. The molecule has 1 aliphatic heterocycles. The van der Waals surface area contributed by atoms with Crippen LogP contribution in [0.4, 0.5) is 0 Å². The minimum atomic E-state index is 0. The monoisotopic (exact) mass is 286 g/mol. The summed E-state index contributed by atoms with van der Waals surface area (Å²) in [5.74, 6) is 0.797. The summed E-state index contributed by atoms with van der Waals surface area (Å²) in [6.07, 6.45) is 2.66. The lowest BCUT2D eigenvalue weighted by Crippen LogP contribution is -2.42. The van der Waals surface area contributed by atoms with Gasteiger partial charge in [-0.3, -0.25) is 14.5 Å². The number of hydrogen-bond acceptors (Lipinski definition) is 3. The molecule has 1 unspecified atom stereocenters. The zero-order valence-electron chi connectivity index (χ0n) is 13.9. The van der Waals surface area contributed by atoms with Crippen molar-refractivity contribution in [3.05, 3.63) is 0 Å². The fourth-order valence-corrected chi connectivity index (χ4v) is 2.28. The van der Waals surface area contributed by atoms with E-state index in [1.54, 1.807) is 0 Å². The number of hydrogen-bond donors (Lipinski definition) is 1. The third-order valence-electron chi connectivity index (χ3n) is 3.85. The lowest BCUT2D eigenvalue weighted by Gasteiger charge is -2.31. The summed E-state index contributed by atoms with van der Waals surface area (Å²) in [5.41, 5.74) is 0. The Balaban J connectivity index is 0. The smallest absolute Gasteiger partial charge is 0.223 e. The minimum absolute atomic E-state index is 0. The molecule has 120 valence electrons. The summed E-state index contributed by atoms with van der Waals surface area (Å²) in [7, 11) is 0. The highest BCUT2D eigenvalue weighted by molar-refractivity contribution is 5.82. The Kier molecular flexibility index (Phi) is 10.3. The number of Topliss-reactive ketones (excluding diaryl/α,β-unsaturated/α-hetero) is 1. The predicted octanol–water partition coefficient (Wildman–Crippen LogP) is 2.72. The molecule has 0 bridgehead atoms. The molecule has 1 saturated heterocycles. The van der Waals surface area contributed by atoms with Gasteiger partial charge in [0.05, 0.1) is 6.54 Å². The average molecular weight is 286 g/mol. The van der Waals surface area contributed by atoms with E-state index in [0.717, 1.165) is 32.4 Å². The molecule has 1 atom stereocenters. The molecule has 0 saturated carbocycles. The largest absolute Gasteiger partial charge is 0.356 e. The van der Waals surface area contributed by atoms with Crippen LogP contribution in [0.1, 0.15) is 55.3 Å². The maximum absolute atomic E-state index is 11.8. The van der Waals surface area contributed by atoms with Crippen molar-refractivity contribution in [3.63, 3.8) is 0 Å². The minimum Gasteiger partial charge on any atom is -0.356 e. The summed E-state index contributed by atoms with van der Waals surface area (Å²) in [4.78, 5) is 25.7. The Morgan fingerprint density at radius 1 is 1.25 bits per heavy atom. The third kappa shape index (κ3) is 6.51. The maximum Gasteiger partial charge on any atom is 0.223 e. The van der Waals surface area contributed by atoms with Crippen molar-refractivity contribution in [2.45, 2.75) is 53.9 Å². The van der Waals surface area contributed by atoms with Gasteiger partial charge in [-0.2, -0.15) is 0 Å². The molecule has 20 heavy (non-hydrogen) atoms. The molecule has 1 aliphatic rings. The number of amides is 1. The van der Waals surface area contributed by atoms with Gasteiger partial charge in [-0.15, -0.1) is 0 Å². The van der Waals surface area contributed by atoms with E-state index in [1.165, 1.54) is 0 Å². The Labute approximate surface area is 125 Å². The fourth-order valence-electron chi connectivity index (χ4n) is 2.28. The van der Waals surface area contributed by atoms with Crippen molar-refractivity contribution in [3.8, 4) is 0 Å². The number of ketones is 1. The molecular formula is C16H34N2O2. The lowest BCUT2D eigenvalue weighted by atomic mass is 9.95. The van der Waals surface area contributed by atoms with Gasteiger partial charge in [-0.1, -0.05) is 27.7 Å². The van der Waals surface area contributed by atoms with Crippen LogP contribution in [0.2, 0.25) is 0 Å². The number of likely N-dealkylation sites (tertiary alicyclic amines) is 1. The van der Waals surface area contributed by atoms with Gasteiger partial charge in [0.2, 0.25) is 5.91 Å². The summed E-state index contributed by atoms with van der Waals surface area (Å²) < 4.78 is 0.